The van der Waals surface area contributed by atoms with Gasteiger partial charge in [0.1, 0.15) is 11.7 Å². The highest BCUT2D eigenvalue weighted by molar-refractivity contribution is 4.94. The molecular formula is C8H17NO3. The SMILES string of the molecule is CO[C@@H]1CNCC[C@]1(CO)OC. The van der Waals surface area contributed by atoms with Crippen LogP contribution in [0.2, 0.25) is 0 Å². The van der Waals surface area contributed by atoms with Gasteiger partial charge in [-0.15, -0.1) is 0 Å². The molecule has 0 amide bonds. The Morgan fingerprint density at radius 3 is 2.75 bits per heavy atom. The van der Waals surface area contributed by atoms with Crippen molar-refractivity contribution >= 4 is 0 Å². The lowest BCUT2D eigenvalue weighted by atomic mass is 9.90. The maximum atomic E-state index is 9.21. The fraction of sp³-hybridized carbons (Fsp3) is 1.00. The predicted octanol–water partition coefficient (Wildman–Crippen LogP) is -0.628. The van der Waals surface area contributed by atoms with E-state index in [9.17, 15) is 5.11 Å². The van der Waals surface area contributed by atoms with E-state index in [1.54, 1.807) is 14.2 Å². The van der Waals surface area contributed by atoms with E-state index < -0.39 is 5.60 Å². The summed E-state index contributed by atoms with van der Waals surface area (Å²) < 4.78 is 10.6. The van der Waals surface area contributed by atoms with E-state index in [0.29, 0.717) is 0 Å². The summed E-state index contributed by atoms with van der Waals surface area (Å²) >= 11 is 0. The van der Waals surface area contributed by atoms with Crippen LogP contribution in [0.4, 0.5) is 0 Å². The number of rotatable bonds is 3. The lowest BCUT2D eigenvalue weighted by Gasteiger charge is -2.40. The van der Waals surface area contributed by atoms with Gasteiger partial charge in [-0.2, -0.15) is 0 Å². The number of aliphatic hydroxyl groups excluding tert-OH is 1. The highest BCUT2D eigenvalue weighted by Gasteiger charge is 2.40. The minimum Gasteiger partial charge on any atom is -0.393 e. The molecule has 2 atom stereocenters. The summed E-state index contributed by atoms with van der Waals surface area (Å²) in [6, 6.07) is 0. The maximum absolute atomic E-state index is 9.21. The van der Waals surface area contributed by atoms with E-state index in [2.05, 4.69) is 5.32 Å². The fourth-order valence-electron chi connectivity index (χ4n) is 1.66. The van der Waals surface area contributed by atoms with Crippen LogP contribution in [0.1, 0.15) is 6.42 Å². The smallest absolute Gasteiger partial charge is 0.119 e. The Hall–Kier alpha value is -0.160. The van der Waals surface area contributed by atoms with Crippen LogP contribution >= 0.6 is 0 Å². The van der Waals surface area contributed by atoms with Gasteiger partial charge in [-0.05, 0) is 13.0 Å². The summed E-state index contributed by atoms with van der Waals surface area (Å²) in [7, 11) is 3.26. The molecule has 1 saturated heterocycles. The molecule has 0 bridgehead atoms. The summed E-state index contributed by atoms with van der Waals surface area (Å²) in [6.45, 7) is 1.63. The zero-order chi connectivity index (χ0) is 9.03. The molecule has 2 N–H and O–H groups in total. The van der Waals surface area contributed by atoms with Crippen molar-refractivity contribution in [1.82, 2.24) is 5.32 Å². The molecule has 0 spiro atoms. The molecule has 0 aromatic heterocycles. The second-order valence-electron chi connectivity index (χ2n) is 3.11. The minimum absolute atomic E-state index is 0.0175. The molecule has 0 saturated carbocycles. The molecule has 4 nitrogen and oxygen atoms in total. The van der Waals surface area contributed by atoms with Gasteiger partial charge in [0, 0.05) is 20.8 Å². The van der Waals surface area contributed by atoms with Gasteiger partial charge in [0.15, 0.2) is 0 Å². The third-order valence-corrected chi connectivity index (χ3v) is 2.60. The number of nitrogens with one attached hydrogen (secondary N) is 1. The monoisotopic (exact) mass is 175 g/mol. The molecule has 0 radical (unpaired) electrons. The van der Waals surface area contributed by atoms with Crippen molar-refractivity contribution in [2.24, 2.45) is 0 Å². The van der Waals surface area contributed by atoms with Crippen LogP contribution in [-0.4, -0.2) is 50.7 Å². The van der Waals surface area contributed by atoms with Crippen molar-refractivity contribution < 1.29 is 14.6 Å². The molecule has 0 aromatic carbocycles. The summed E-state index contributed by atoms with van der Waals surface area (Å²) in [4.78, 5) is 0. The summed E-state index contributed by atoms with van der Waals surface area (Å²) in [5.41, 5.74) is -0.500. The Labute approximate surface area is 72.9 Å². The van der Waals surface area contributed by atoms with E-state index in [1.165, 1.54) is 0 Å². The molecule has 1 aliphatic heterocycles. The van der Waals surface area contributed by atoms with Gasteiger partial charge >= 0.3 is 0 Å². The van der Waals surface area contributed by atoms with Crippen molar-refractivity contribution in [3.05, 3.63) is 0 Å². The van der Waals surface area contributed by atoms with Crippen LogP contribution in [0.5, 0.6) is 0 Å². The van der Waals surface area contributed by atoms with Crippen LogP contribution < -0.4 is 5.32 Å². The quantitative estimate of drug-likeness (QED) is 0.600. The number of piperidine rings is 1. The fourth-order valence-corrected chi connectivity index (χ4v) is 1.66. The first-order valence-corrected chi connectivity index (χ1v) is 4.18. The van der Waals surface area contributed by atoms with Gasteiger partial charge < -0.3 is 19.9 Å². The van der Waals surface area contributed by atoms with E-state index in [4.69, 9.17) is 9.47 Å². The maximum Gasteiger partial charge on any atom is 0.119 e. The van der Waals surface area contributed by atoms with Crippen LogP contribution in [0, 0.1) is 0 Å². The largest absolute Gasteiger partial charge is 0.393 e. The number of hydrogen-bond acceptors (Lipinski definition) is 4. The second-order valence-corrected chi connectivity index (χ2v) is 3.11. The molecule has 1 heterocycles. The van der Waals surface area contributed by atoms with Gasteiger partial charge in [-0.1, -0.05) is 0 Å². The second kappa shape index (κ2) is 4.18. The minimum atomic E-state index is -0.500. The predicted molar refractivity (Wildman–Crippen MR) is 45.1 cm³/mol. The zero-order valence-electron chi connectivity index (χ0n) is 7.67. The van der Waals surface area contributed by atoms with Gasteiger partial charge in [0.05, 0.1) is 6.61 Å². The first-order valence-electron chi connectivity index (χ1n) is 4.18. The molecule has 1 rings (SSSR count). The third-order valence-electron chi connectivity index (χ3n) is 2.60. The lowest BCUT2D eigenvalue weighted by molar-refractivity contribution is -0.153. The molecule has 72 valence electrons. The Morgan fingerprint density at radius 2 is 2.33 bits per heavy atom. The summed E-state index contributed by atoms with van der Waals surface area (Å²) in [5.74, 6) is 0. The van der Waals surface area contributed by atoms with Gasteiger partial charge in [-0.25, -0.2) is 0 Å². The van der Waals surface area contributed by atoms with Crippen molar-refractivity contribution in [3.63, 3.8) is 0 Å². The first-order chi connectivity index (χ1) is 5.79. The Morgan fingerprint density at radius 1 is 1.58 bits per heavy atom. The number of ether oxygens (including phenoxy) is 2. The number of methoxy groups -OCH3 is 2. The van der Waals surface area contributed by atoms with Crippen LogP contribution in [0.25, 0.3) is 0 Å². The van der Waals surface area contributed by atoms with E-state index in [1.807, 2.05) is 0 Å². The third kappa shape index (κ3) is 1.61. The molecule has 12 heavy (non-hydrogen) atoms. The zero-order valence-corrected chi connectivity index (χ0v) is 7.67. The summed E-state index contributed by atoms with van der Waals surface area (Å²) in [6.07, 6.45) is 0.736. The van der Waals surface area contributed by atoms with E-state index in [0.717, 1.165) is 19.5 Å². The molecule has 0 aliphatic carbocycles. The normalized spacial score (nSPS) is 36.8. The van der Waals surface area contributed by atoms with Crippen LogP contribution in [0.3, 0.4) is 0 Å². The van der Waals surface area contributed by atoms with Crippen LogP contribution in [0.15, 0.2) is 0 Å². The van der Waals surface area contributed by atoms with Crippen LogP contribution in [-0.2, 0) is 9.47 Å². The first kappa shape index (κ1) is 9.92. The van der Waals surface area contributed by atoms with Crippen molar-refractivity contribution in [1.29, 1.82) is 0 Å². The van der Waals surface area contributed by atoms with E-state index in [-0.39, 0.29) is 12.7 Å². The van der Waals surface area contributed by atoms with Crippen molar-refractivity contribution in [2.45, 2.75) is 18.1 Å². The van der Waals surface area contributed by atoms with Crippen molar-refractivity contribution in [2.75, 3.05) is 33.9 Å². The standard InChI is InChI=1S/C8H17NO3/c1-11-7-5-9-4-3-8(7,6-10)12-2/h7,9-10H,3-6H2,1-2H3/t7-,8-/m1/s1. The molecular weight excluding hydrogens is 158 g/mol. The highest BCUT2D eigenvalue weighted by Crippen LogP contribution is 2.23. The van der Waals surface area contributed by atoms with Gasteiger partial charge in [-0.3, -0.25) is 0 Å². The van der Waals surface area contributed by atoms with Crippen molar-refractivity contribution in [3.8, 4) is 0 Å². The molecule has 4 heteroatoms. The average molecular weight is 175 g/mol. The van der Waals surface area contributed by atoms with E-state index >= 15 is 0 Å². The summed E-state index contributed by atoms with van der Waals surface area (Å²) in [5, 5.41) is 12.4. The Bertz CT molecular complexity index is 136. The van der Waals surface area contributed by atoms with Gasteiger partial charge in [0.25, 0.3) is 0 Å². The topological polar surface area (TPSA) is 50.7 Å². The number of hydrogen-bond donors (Lipinski definition) is 2. The molecule has 1 fully saturated rings. The average Bonchev–Trinajstić information content (AvgIpc) is 2.17. The molecule has 0 unspecified atom stereocenters. The molecule has 0 aromatic rings. The number of aliphatic hydroxyl groups is 1. The molecule has 1 aliphatic rings. The lowest BCUT2D eigenvalue weighted by Crippen LogP contribution is -2.58. The Balaban J connectivity index is 2.66. The highest BCUT2D eigenvalue weighted by atomic mass is 16.5. The Kier molecular flexibility index (Phi) is 3.46. The van der Waals surface area contributed by atoms with Gasteiger partial charge in [0.2, 0.25) is 0 Å².